The fourth-order valence-corrected chi connectivity index (χ4v) is 3.80. The summed E-state index contributed by atoms with van der Waals surface area (Å²) in [7, 11) is 0. The van der Waals surface area contributed by atoms with E-state index < -0.39 is 11.9 Å². The minimum absolute atomic E-state index is 0.0321. The molecule has 2 aliphatic rings. The molecule has 1 aromatic carbocycles. The molecule has 27 heavy (non-hydrogen) atoms. The van der Waals surface area contributed by atoms with Crippen molar-refractivity contribution in [1.82, 2.24) is 4.90 Å². The average molecular weight is 377 g/mol. The highest BCUT2D eigenvalue weighted by atomic mass is 16.5. The van der Waals surface area contributed by atoms with Crippen molar-refractivity contribution in [1.29, 1.82) is 0 Å². The molecule has 1 amide bonds. The molecular formula is C20H27NO6. The lowest BCUT2D eigenvalue weighted by Crippen LogP contribution is -2.44. The SMILES string of the molecule is O=C(O)C1CCO[C@H]1C1CCN(C(=O)COCCOc2ccccc2)CC1. The van der Waals surface area contributed by atoms with Crippen LogP contribution in [0.15, 0.2) is 30.3 Å². The van der Waals surface area contributed by atoms with Gasteiger partial charge in [-0.15, -0.1) is 0 Å². The number of carboxylic acids is 1. The van der Waals surface area contributed by atoms with Crippen LogP contribution < -0.4 is 4.74 Å². The third-order valence-electron chi connectivity index (χ3n) is 5.28. The number of amides is 1. The predicted octanol–water partition coefficient (Wildman–Crippen LogP) is 1.81. The highest BCUT2D eigenvalue weighted by Gasteiger charge is 2.40. The van der Waals surface area contributed by atoms with Gasteiger partial charge in [0.1, 0.15) is 19.0 Å². The topological polar surface area (TPSA) is 85.3 Å². The number of hydrogen-bond acceptors (Lipinski definition) is 5. The summed E-state index contributed by atoms with van der Waals surface area (Å²) in [5.41, 5.74) is 0. The van der Waals surface area contributed by atoms with Gasteiger partial charge < -0.3 is 24.2 Å². The molecule has 2 heterocycles. The quantitative estimate of drug-likeness (QED) is 0.696. The van der Waals surface area contributed by atoms with Crippen molar-refractivity contribution < 1.29 is 28.9 Å². The highest BCUT2D eigenvalue weighted by molar-refractivity contribution is 5.77. The van der Waals surface area contributed by atoms with Gasteiger partial charge in [0.25, 0.3) is 0 Å². The van der Waals surface area contributed by atoms with Gasteiger partial charge in [-0.3, -0.25) is 9.59 Å². The fourth-order valence-electron chi connectivity index (χ4n) is 3.80. The van der Waals surface area contributed by atoms with Gasteiger partial charge in [0.2, 0.25) is 5.91 Å². The number of aliphatic carboxylic acids is 1. The molecule has 0 aromatic heterocycles. The summed E-state index contributed by atoms with van der Waals surface area (Å²) in [4.78, 5) is 25.4. The maximum Gasteiger partial charge on any atom is 0.309 e. The first-order valence-corrected chi connectivity index (χ1v) is 9.53. The van der Waals surface area contributed by atoms with Crippen LogP contribution in [0, 0.1) is 11.8 Å². The molecule has 7 heteroatoms. The van der Waals surface area contributed by atoms with E-state index in [1.54, 1.807) is 4.90 Å². The lowest BCUT2D eigenvalue weighted by atomic mass is 9.84. The number of ether oxygens (including phenoxy) is 3. The first-order valence-electron chi connectivity index (χ1n) is 9.53. The minimum Gasteiger partial charge on any atom is -0.491 e. The van der Waals surface area contributed by atoms with Gasteiger partial charge >= 0.3 is 5.97 Å². The van der Waals surface area contributed by atoms with E-state index in [1.807, 2.05) is 30.3 Å². The van der Waals surface area contributed by atoms with E-state index in [0.717, 1.165) is 18.6 Å². The Morgan fingerprint density at radius 3 is 2.56 bits per heavy atom. The Balaban J connectivity index is 1.32. The molecule has 2 atom stereocenters. The second-order valence-electron chi connectivity index (χ2n) is 7.00. The fraction of sp³-hybridized carbons (Fsp3) is 0.600. The van der Waals surface area contributed by atoms with E-state index in [9.17, 15) is 14.7 Å². The number of hydrogen-bond donors (Lipinski definition) is 1. The van der Waals surface area contributed by atoms with Gasteiger partial charge in [0.05, 0.1) is 18.6 Å². The lowest BCUT2D eigenvalue weighted by molar-refractivity contribution is -0.146. The first-order chi connectivity index (χ1) is 13.1. The highest BCUT2D eigenvalue weighted by Crippen LogP contribution is 2.33. The van der Waals surface area contributed by atoms with Crippen LogP contribution in [0.4, 0.5) is 0 Å². The van der Waals surface area contributed by atoms with E-state index in [4.69, 9.17) is 14.2 Å². The van der Waals surface area contributed by atoms with Gasteiger partial charge in [0, 0.05) is 19.7 Å². The Hall–Kier alpha value is -2.12. The number of piperidine rings is 1. The molecule has 2 fully saturated rings. The van der Waals surface area contributed by atoms with Crippen LogP contribution in [0.2, 0.25) is 0 Å². The van der Waals surface area contributed by atoms with Gasteiger partial charge in [-0.1, -0.05) is 18.2 Å². The van der Waals surface area contributed by atoms with Crippen LogP contribution in [0.1, 0.15) is 19.3 Å². The minimum atomic E-state index is -0.776. The van der Waals surface area contributed by atoms with Crippen molar-refractivity contribution in [2.24, 2.45) is 11.8 Å². The van der Waals surface area contributed by atoms with Crippen molar-refractivity contribution >= 4 is 11.9 Å². The Labute approximate surface area is 159 Å². The summed E-state index contributed by atoms with van der Waals surface area (Å²) in [6.07, 6.45) is 1.92. The molecule has 2 saturated heterocycles. The van der Waals surface area contributed by atoms with E-state index in [0.29, 0.717) is 39.3 Å². The second kappa shape index (κ2) is 9.71. The summed E-state index contributed by atoms with van der Waals surface area (Å²) < 4.78 is 16.6. The Morgan fingerprint density at radius 1 is 1.11 bits per heavy atom. The zero-order chi connectivity index (χ0) is 19.1. The number of benzene rings is 1. The summed E-state index contributed by atoms with van der Waals surface area (Å²) in [5, 5.41) is 9.30. The molecule has 2 aliphatic heterocycles. The smallest absolute Gasteiger partial charge is 0.309 e. The molecule has 1 aromatic rings. The zero-order valence-electron chi connectivity index (χ0n) is 15.4. The molecule has 0 radical (unpaired) electrons. The maximum absolute atomic E-state index is 12.3. The molecule has 148 valence electrons. The Bertz CT molecular complexity index is 614. The van der Waals surface area contributed by atoms with Crippen molar-refractivity contribution in [2.75, 3.05) is 39.5 Å². The predicted molar refractivity (Wildman–Crippen MR) is 97.5 cm³/mol. The summed E-state index contributed by atoms with van der Waals surface area (Å²) in [5.74, 6) is -0.233. The molecule has 0 bridgehead atoms. The normalized spacial score (nSPS) is 23.3. The lowest BCUT2D eigenvalue weighted by Gasteiger charge is -2.35. The number of para-hydroxylation sites is 1. The van der Waals surface area contributed by atoms with Crippen molar-refractivity contribution in [2.45, 2.75) is 25.4 Å². The Morgan fingerprint density at radius 2 is 1.85 bits per heavy atom. The number of likely N-dealkylation sites (tertiary alicyclic amines) is 1. The molecule has 0 spiro atoms. The number of carbonyl (C=O) groups excluding carboxylic acids is 1. The van der Waals surface area contributed by atoms with Crippen LogP contribution in [-0.4, -0.2) is 67.5 Å². The largest absolute Gasteiger partial charge is 0.491 e. The van der Waals surface area contributed by atoms with E-state index in [2.05, 4.69) is 0 Å². The summed E-state index contributed by atoms with van der Waals surface area (Å²) in [6.45, 7) is 2.56. The number of nitrogens with zero attached hydrogens (tertiary/aromatic N) is 1. The van der Waals surface area contributed by atoms with Crippen molar-refractivity contribution in [3.8, 4) is 5.75 Å². The van der Waals surface area contributed by atoms with Crippen LogP contribution in [0.3, 0.4) is 0 Å². The molecule has 1 N–H and O–H groups in total. The number of rotatable bonds is 8. The number of carbonyl (C=O) groups is 2. The maximum atomic E-state index is 12.3. The van der Waals surface area contributed by atoms with Crippen LogP contribution >= 0.6 is 0 Å². The molecule has 3 rings (SSSR count). The summed E-state index contributed by atoms with van der Waals surface area (Å²) >= 11 is 0. The standard InChI is InChI=1S/C20H27NO6/c22-18(14-25-12-13-26-16-4-2-1-3-5-16)21-9-6-15(7-10-21)19-17(20(23)24)8-11-27-19/h1-5,15,17,19H,6-14H2,(H,23,24)/t17?,19-/m0/s1. The molecule has 7 nitrogen and oxygen atoms in total. The molecule has 0 saturated carbocycles. The van der Waals surface area contributed by atoms with E-state index >= 15 is 0 Å². The van der Waals surface area contributed by atoms with Crippen LogP contribution in [0.5, 0.6) is 5.75 Å². The van der Waals surface area contributed by atoms with E-state index in [1.165, 1.54) is 0 Å². The van der Waals surface area contributed by atoms with Crippen molar-refractivity contribution in [3.63, 3.8) is 0 Å². The van der Waals surface area contributed by atoms with Crippen molar-refractivity contribution in [3.05, 3.63) is 30.3 Å². The molecule has 1 unspecified atom stereocenters. The third kappa shape index (κ3) is 5.43. The monoisotopic (exact) mass is 377 g/mol. The second-order valence-corrected chi connectivity index (χ2v) is 7.00. The van der Waals surface area contributed by atoms with Gasteiger partial charge in [-0.05, 0) is 37.3 Å². The molecule has 0 aliphatic carbocycles. The zero-order valence-corrected chi connectivity index (χ0v) is 15.4. The van der Waals surface area contributed by atoms with Gasteiger partial charge in [0.15, 0.2) is 0 Å². The summed E-state index contributed by atoms with van der Waals surface area (Å²) in [6, 6.07) is 9.47. The van der Waals surface area contributed by atoms with E-state index in [-0.39, 0.29) is 24.5 Å². The van der Waals surface area contributed by atoms with Gasteiger partial charge in [-0.25, -0.2) is 0 Å². The first kappa shape index (κ1) is 19.6. The van der Waals surface area contributed by atoms with Crippen LogP contribution in [-0.2, 0) is 19.1 Å². The van der Waals surface area contributed by atoms with Crippen LogP contribution in [0.25, 0.3) is 0 Å². The third-order valence-corrected chi connectivity index (χ3v) is 5.28. The van der Waals surface area contributed by atoms with Gasteiger partial charge in [-0.2, -0.15) is 0 Å². The average Bonchev–Trinajstić information content (AvgIpc) is 3.19. The number of carboxylic acid groups (broad SMARTS) is 1. The molecular weight excluding hydrogens is 350 g/mol. The Kier molecular flexibility index (Phi) is 7.06.